The van der Waals surface area contributed by atoms with Crippen molar-refractivity contribution in [3.05, 3.63) is 0 Å². The highest BCUT2D eigenvalue weighted by Crippen LogP contribution is 2.32. The second-order valence-electron chi connectivity index (χ2n) is 4.44. The Morgan fingerprint density at radius 2 is 2.31 bits per heavy atom. The van der Waals surface area contributed by atoms with E-state index in [0.29, 0.717) is 11.3 Å². The van der Waals surface area contributed by atoms with E-state index < -0.39 is 0 Å². The predicted octanol–water partition coefficient (Wildman–Crippen LogP) is 2.49. The maximum atomic E-state index is 5.79. The second-order valence-corrected chi connectivity index (χ2v) is 5.87. The molecule has 0 amide bonds. The molecule has 92 valence electrons. The van der Waals surface area contributed by atoms with Crippen LogP contribution < -0.4 is 0 Å². The fraction of sp³-hybridized carbons (Fsp3) is 0.917. The molecule has 0 saturated carbocycles. The van der Waals surface area contributed by atoms with Crippen LogP contribution in [0, 0.1) is 0 Å². The van der Waals surface area contributed by atoms with Gasteiger partial charge in [-0.05, 0) is 26.2 Å². The molecule has 2 aliphatic heterocycles. The average Bonchev–Trinajstić information content (AvgIpc) is 2.49. The number of aliphatic imine (C=N–C) groups is 1. The van der Waals surface area contributed by atoms with Crippen LogP contribution in [-0.2, 0) is 9.47 Å². The molecule has 1 fully saturated rings. The zero-order valence-electron chi connectivity index (χ0n) is 10.1. The maximum Gasteiger partial charge on any atom is 0.0829 e. The number of ether oxygens (including phenoxy) is 2. The molecule has 0 aliphatic carbocycles. The molecular formula is C12H21NO2S. The Balaban J connectivity index is 1.87. The zero-order chi connectivity index (χ0) is 11.4. The number of thioether (sulfide) groups is 1. The molecule has 3 unspecified atom stereocenters. The van der Waals surface area contributed by atoms with Gasteiger partial charge in [-0.3, -0.25) is 4.99 Å². The van der Waals surface area contributed by atoms with E-state index in [4.69, 9.17) is 14.5 Å². The molecular weight excluding hydrogens is 222 g/mol. The van der Waals surface area contributed by atoms with Gasteiger partial charge in [-0.2, -0.15) is 0 Å². The molecule has 0 aromatic heterocycles. The van der Waals surface area contributed by atoms with Gasteiger partial charge in [0.25, 0.3) is 0 Å². The topological polar surface area (TPSA) is 30.8 Å². The highest BCUT2D eigenvalue weighted by Gasteiger charge is 2.29. The van der Waals surface area contributed by atoms with Crippen LogP contribution in [0.5, 0.6) is 0 Å². The summed E-state index contributed by atoms with van der Waals surface area (Å²) >= 11 is 1.92. The van der Waals surface area contributed by atoms with Gasteiger partial charge in [0.2, 0.25) is 0 Å². The van der Waals surface area contributed by atoms with Gasteiger partial charge in [0.1, 0.15) is 0 Å². The Labute approximate surface area is 102 Å². The summed E-state index contributed by atoms with van der Waals surface area (Å²) in [5, 5.41) is 1.87. The number of nitrogens with zero attached hydrogens (tertiary/aromatic N) is 1. The van der Waals surface area contributed by atoms with Gasteiger partial charge < -0.3 is 9.47 Å². The summed E-state index contributed by atoms with van der Waals surface area (Å²) in [5.74, 6) is 0. The van der Waals surface area contributed by atoms with Crippen LogP contribution in [0.4, 0.5) is 0 Å². The van der Waals surface area contributed by atoms with Crippen molar-refractivity contribution in [2.45, 2.75) is 50.5 Å². The Bertz CT molecular complexity index is 249. The Hall–Kier alpha value is -0.0600. The van der Waals surface area contributed by atoms with Gasteiger partial charge in [-0.1, -0.05) is 6.92 Å². The van der Waals surface area contributed by atoms with Crippen LogP contribution in [0.3, 0.4) is 0 Å². The summed E-state index contributed by atoms with van der Waals surface area (Å²) in [5.41, 5.74) is 0. The van der Waals surface area contributed by atoms with E-state index in [9.17, 15) is 0 Å². The third-order valence-electron chi connectivity index (χ3n) is 3.10. The largest absolute Gasteiger partial charge is 0.379 e. The van der Waals surface area contributed by atoms with Gasteiger partial charge in [0.05, 0.1) is 23.8 Å². The summed E-state index contributed by atoms with van der Waals surface area (Å²) in [6.45, 7) is 6.77. The highest BCUT2D eigenvalue weighted by atomic mass is 32.2. The lowest BCUT2D eigenvalue weighted by molar-refractivity contribution is 0.0175. The number of rotatable bonds is 3. The summed E-state index contributed by atoms with van der Waals surface area (Å²) in [4.78, 5) is 4.71. The van der Waals surface area contributed by atoms with Crippen molar-refractivity contribution in [2.24, 2.45) is 4.99 Å². The Morgan fingerprint density at radius 3 is 3.12 bits per heavy atom. The molecule has 0 radical (unpaired) electrons. The fourth-order valence-electron chi connectivity index (χ4n) is 2.28. The standard InChI is InChI=1S/C12H21NO2S/c1-3-12-11(13-9(2)16-12)7-10-8-14-5-4-6-15-10/h10-12H,3-8H2,1-2H3. The van der Waals surface area contributed by atoms with E-state index in [2.05, 4.69) is 13.8 Å². The van der Waals surface area contributed by atoms with Crippen LogP contribution in [0.2, 0.25) is 0 Å². The van der Waals surface area contributed by atoms with E-state index in [1.54, 1.807) is 0 Å². The maximum absolute atomic E-state index is 5.79. The molecule has 16 heavy (non-hydrogen) atoms. The van der Waals surface area contributed by atoms with Gasteiger partial charge in [-0.25, -0.2) is 0 Å². The first kappa shape index (κ1) is 12.4. The van der Waals surface area contributed by atoms with Gasteiger partial charge in [-0.15, -0.1) is 11.8 Å². The van der Waals surface area contributed by atoms with E-state index in [1.807, 2.05) is 11.8 Å². The van der Waals surface area contributed by atoms with Gasteiger partial charge in [0.15, 0.2) is 0 Å². The molecule has 2 rings (SSSR count). The molecule has 0 aromatic rings. The van der Waals surface area contributed by atoms with Crippen molar-refractivity contribution < 1.29 is 9.47 Å². The molecule has 0 spiro atoms. The van der Waals surface area contributed by atoms with Crippen LogP contribution in [-0.4, -0.2) is 42.3 Å². The highest BCUT2D eigenvalue weighted by molar-refractivity contribution is 8.14. The first-order chi connectivity index (χ1) is 7.79. The summed E-state index contributed by atoms with van der Waals surface area (Å²) in [7, 11) is 0. The minimum Gasteiger partial charge on any atom is -0.379 e. The summed E-state index contributed by atoms with van der Waals surface area (Å²) < 4.78 is 11.3. The van der Waals surface area contributed by atoms with Gasteiger partial charge >= 0.3 is 0 Å². The molecule has 3 atom stereocenters. The molecule has 0 aromatic carbocycles. The van der Waals surface area contributed by atoms with Crippen LogP contribution in [0.1, 0.15) is 33.1 Å². The molecule has 0 N–H and O–H groups in total. The molecule has 2 heterocycles. The summed E-state index contributed by atoms with van der Waals surface area (Å²) in [6, 6.07) is 0.432. The Morgan fingerprint density at radius 1 is 1.44 bits per heavy atom. The van der Waals surface area contributed by atoms with Crippen molar-refractivity contribution in [1.82, 2.24) is 0 Å². The van der Waals surface area contributed by atoms with Crippen molar-refractivity contribution in [3.63, 3.8) is 0 Å². The third-order valence-corrected chi connectivity index (χ3v) is 4.49. The molecule has 2 aliphatic rings. The lowest BCUT2D eigenvalue weighted by Gasteiger charge is -2.21. The van der Waals surface area contributed by atoms with Crippen molar-refractivity contribution in [1.29, 1.82) is 0 Å². The smallest absolute Gasteiger partial charge is 0.0829 e. The monoisotopic (exact) mass is 243 g/mol. The molecule has 1 saturated heterocycles. The van der Waals surface area contributed by atoms with E-state index in [1.165, 1.54) is 11.5 Å². The second kappa shape index (κ2) is 6.03. The van der Waals surface area contributed by atoms with E-state index in [-0.39, 0.29) is 6.10 Å². The van der Waals surface area contributed by atoms with E-state index >= 15 is 0 Å². The van der Waals surface area contributed by atoms with Crippen molar-refractivity contribution in [2.75, 3.05) is 19.8 Å². The number of hydrogen-bond acceptors (Lipinski definition) is 4. The summed E-state index contributed by atoms with van der Waals surface area (Å²) in [6.07, 6.45) is 3.47. The normalized spacial score (nSPS) is 35.9. The lowest BCUT2D eigenvalue weighted by Crippen LogP contribution is -2.27. The minimum atomic E-state index is 0.247. The fourth-order valence-corrected chi connectivity index (χ4v) is 3.41. The lowest BCUT2D eigenvalue weighted by atomic mass is 10.1. The van der Waals surface area contributed by atoms with Gasteiger partial charge in [0, 0.05) is 18.5 Å². The third kappa shape index (κ3) is 3.22. The van der Waals surface area contributed by atoms with E-state index in [0.717, 1.165) is 32.7 Å². The minimum absolute atomic E-state index is 0.247. The molecule has 3 nitrogen and oxygen atoms in total. The quantitative estimate of drug-likeness (QED) is 0.763. The van der Waals surface area contributed by atoms with Crippen LogP contribution in [0.15, 0.2) is 4.99 Å². The van der Waals surface area contributed by atoms with Crippen molar-refractivity contribution in [3.8, 4) is 0 Å². The molecule has 0 bridgehead atoms. The van der Waals surface area contributed by atoms with Crippen molar-refractivity contribution >= 4 is 16.8 Å². The first-order valence-corrected chi connectivity index (χ1v) is 7.08. The first-order valence-electron chi connectivity index (χ1n) is 6.20. The average molecular weight is 243 g/mol. The number of hydrogen-bond donors (Lipinski definition) is 0. The SMILES string of the molecule is CCC1SC(C)=NC1CC1COCCCO1. The van der Waals surface area contributed by atoms with Crippen LogP contribution in [0.25, 0.3) is 0 Å². The Kier molecular flexibility index (Phi) is 4.67. The zero-order valence-corrected chi connectivity index (χ0v) is 11.0. The predicted molar refractivity (Wildman–Crippen MR) is 68.4 cm³/mol. The van der Waals surface area contributed by atoms with Crippen LogP contribution >= 0.6 is 11.8 Å². The molecule has 4 heteroatoms.